The number of hydrogen-bond donors (Lipinski definition) is 0. The van der Waals surface area contributed by atoms with Crippen molar-refractivity contribution in [3.05, 3.63) is 29.8 Å². The first-order valence-corrected chi connectivity index (χ1v) is 8.57. The van der Waals surface area contributed by atoms with Crippen LogP contribution in [0.5, 0.6) is 5.75 Å². The van der Waals surface area contributed by atoms with Gasteiger partial charge in [-0.1, -0.05) is 6.07 Å². The molecule has 148 valence electrons. The Morgan fingerprint density at radius 2 is 1.89 bits per heavy atom. The molecule has 1 heterocycles. The van der Waals surface area contributed by atoms with Gasteiger partial charge in [0.15, 0.2) is 6.61 Å². The van der Waals surface area contributed by atoms with Gasteiger partial charge in [-0.2, -0.15) is 8.78 Å². The fourth-order valence-electron chi connectivity index (χ4n) is 2.73. The molecule has 0 unspecified atom stereocenters. The number of nitrogens with zero attached hydrogens (tertiary/aromatic N) is 1. The molecule has 0 atom stereocenters. The monoisotopic (exact) mass is 385 g/mol. The van der Waals surface area contributed by atoms with E-state index < -0.39 is 19.2 Å². The van der Waals surface area contributed by atoms with E-state index in [1.807, 2.05) is 0 Å². The van der Waals surface area contributed by atoms with E-state index in [1.165, 1.54) is 23.1 Å². The maximum atomic E-state index is 12.2. The Balaban J connectivity index is 1.80. The highest BCUT2D eigenvalue weighted by Gasteiger charge is 2.28. The van der Waals surface area contributed by atoms with Gasteiger partial charge in [0, 0.05) is 13.1 Å². The summed E-state index contributed by atoms with van der Waals surface area (Å²) >= 11 is 0. The number of carbonyl (C=O) groups is 3. The highest BCUT2D eigenvalue weighted by atomic mass is 19.3. The molecule has 2 rings (SSSR count). The van der Waals surface area contributed by atoms with Crippen LogP contribution < -0.4 is 4.74 Å². The normalized spacial score (nSPS) is 14.7. The smallest absolute Gasteiger partial charge is 0.387 e. The van der Waals surface area contributed by atoms with Crippen LogP contribution in [-0.4, -0.2) is 55.7 Å². The van der Waals surface area contributed by atoms with Crippen molar-refractivity contribution in [2.75, 3.05) is 26.3 Å². The summed E-state index contributed by atoms with van der Waals surface area (Å²) in [6.45, 7) is -0.675. The van der Waals surface area contributed by atoms with Crippen molar-refractivity contribution in [3.8, 4) is 5.75 Å². The van der Waals surface area contributed by atoms with Crippen molar-refractivity contribution in [1.82, 2.24) is 4.90 Å². The SMILES string of the molecule is CCOC(=O)C1CCN(C(=O)COC(=O)c2cccc(OC(F)F)c2)CC1. The molecule has 7 nitrogen and oxygen atoms in total. The van der Waals surface area contributed by atoms with Gasteiger partial charge in [0.2, 0.25) is 0 Å². The lowest BCUT2D eigenvalue weighted by Crippen LogP contribution is -2.42. The zero-order valence-corrected chi connectivity index (χ0v) is 14.9. The summed E-state index contributed by atoms with van der Waals surface area (Å²) in [7, 11) is 0. The molecule has 0 aliphatic carbocycles. The Labute approximate surface area is 155 Å². The number of likely N-dealkylation sites (tertiary alicyclic amines) is 1. The van der Waals surface area contributed by atoms with Crippen molar-refractivity contribution < 1.29 is 37.4 Å². The predicted octanol–water partition coefficient (Wildman–Crippen LogP) is 2.25. The molecule has 1 fully saturated rings. The summed E-state index contributed by atoms with van der Waals surface area (Å²) in [5, 5.41) is 0. The van der Waals surface area contributed by atoms with Gasteiger partial charge in [-0.3, -0.25) is 9.59 Å². The number of halogens is 2. The molecule has 0 radical (unpaired) electrons. The average Bonchev–Trinajstić information content (AvgIpc) is 2.66. The number of benzene rings is 1. The summed E-state index contributed by atoms with van der Waals surface area (Å²) in [5.74, 6) is -1.86. The van der Waals surface area contributed by atoms with Crippen LogP contribution in [0, 0.1) is 5.92 Å². The summed E-state index contributed by atoms with van der Waals surface area (Å²) in [6.07, 6.45) is 0.983. The summed E-state index contributed by atoms with van der Waals surface area (Å²) in [4.78, 5) is 37.3. The average molecular weight is 385 g/mol. The Morgan fingerprint density at radius 3 is 2.52 bits per heavy atom. The Morgan fingerprint density at radius 1 is 1.19 bits per heavy atom. The molecule has 0 aromatic heterocycles. The van der Waals surface area contributed by atoms with Crippen molar-refractivity contribution >= 4 is 17.8 Å². The molecule has 9 heteroatoms. The Bertz CT molecular complexity index is 674. The number of esters is 2. The number of ether oxygens (including phenoxy) is 3. The molecule has 1 amide bonds. The fourth-order valence-corrected chi connectivity index (χ4v) is 2.73. The quantitative estimate of drug-likeness (QED) is 0.670. The van der Waals surface area contributed by atoms with Crippen LogP contribution >= 0.6 is 0 Å². The first kappa shape index (κ1) is 20.6. The lowest BCUT2D eigenvalue weighted by atomic mass is 9.97. The summed E-state index contributed by atoms with van der Waals surface area (Å²) in [5.41, 5.74) is 0.00182. The highest BCUT2D eigenvalue weighted by Crippen LogP contribution is 2.19. The van der Waals surface area contributed by atoms with Crippen molar-refractivity contribution in [2.45, 2.75) is 26.4 Å². The van der Waals surface area contributed by atoms with Gasteiger partial charge in [-0.25, -0.2) is 4.79 Å². The molecule has 1 aliphatic heterocycles. The molecule has 27 heavy (non-hydrogen) atoms. The van der Waals surface area contributed by atoms with E-state index in [1.54, 1.807) is 6.92 Å². The standard InChI is InChI=1S/C18H21F2NO6/c1-2-25-16(23)12-6-8-21(9-7-12)15(22)11-26-17(24)13-4-3-5-14(10-13)27-18(19)20/h3-5,10,12,18H,2,6-9,11H2,1H3. The molecule has 1 aromatic rings. The molecule has 0 N–H and O–H groups in total. The number of piperidine rings is 1. The van der Waals surface area contributed by atoms with Crippen LogP contribution in [-0.2, 0) is 19.1 Å². The van der Waals surface area contributed by atoms with E-state index in [-0.39, 0.29) is 29.1 Å². The van der Waals surface area contributed by atoms with Crippen molar-refractivity contribution in [2.24, 2.45) is 5.92 Å². The van der Waals surface area contributed by atoms with Gasteiger partial charge in [0.1, 0.15) is 5.75 Å². The first-order chi connectivity index (χ1) is 12.9. The minimum Gasteiger partial charge on any atom is -0.466 e. The fraction of sp³-hybridized carbons (Fsp3) is 0.500. The van der Waals surface area contributed by atoms with E-state index in [4.69, 9.17) is 9.47 Å². The number of rotatable bonds is 7. The lowest BCUT2D eigenvalue weighted by molar-refractivity contribution is -0.151. The van der Waals surface area contributed by atoms with Crippen LogP contribution in [0.15, 0.2) is 24.3 Å². The number of carbonyl (C=O) groups excluding carboxylic acids is 3. The van der Waals surface area contributed by atoms with Crippen LogP contribution in [0.4, 0.5) is 8.78 Å². The lowest BCUT2D eigenvalue weighted by Gasteiger charge is -2.30. The molecule has 1 saturated heterocycles. The Hall–Kier alpha value is -2.71. The summed E-state index contributed by atoms with van der Waals surface area (Å²) in [6, 6.07) is 5.14. The maximum Gasteiger partial charge on any atom is 0.387 e. The Kier molecular flexibility index (Phi) is 7.51. The third-order valence-electron chi connectivity index (χ3n) is 4.09. The van der Waals surface area contributed by atoms with Gasteiger partial charge < -0.3 is 19.1 Å². The second-order valence-electron chi connectivity index (χ2n) is 5.89. The molecule has 1 aliphatic rings. The third kappa shape index (κ3) is 6.19. The number of alkyl halides is 2. The third-order valence-corrected chi connectivity index (χ3v) is 4.09. The van der Waals surface area contributed by atoms with Crippen LogP contribution in [0.1, 0.15) is 30.1 Å². The van der Waals surface area contributed by atoms with Crippen LogP contribution in [0.2, 0.25) is 0 Å². The molecule has 0 saturated carbocycles. The number of amides is 1. The van der Waals surface area contributed by atoms with Gasteiger partial charge in [0.05, 0.1) is 18.1 Å². The van der Waals surface area contributed by atoms with Crippen molar-refractivity contribution in [3.63, 3.8) is 0 Å². The molecule has 0 spiro atoms. The van der Waals surface area contributed by atoms with Gasteiger partial charge in [-0.15, -0.1) is 0 Å². The van der Waals surface area contributed by atoms with E-state index >= 15 is 0 Å². The largest absolute Gasteiger partial charge is 0.466 e. The minimum atomic E-state index is -3.00. The van der Waals surface area contributed by atoms with Crippen LogP contribution in [0.3, 0.4) is 0 Å². The van der Waals surface area contributed by atoms with Crippen LogP contribution in [0.25, 0.3) is 0 Å². The molecule has 1 aromatic carbocycles. The molecular weight excluding hydrogens is 364 g/mol. The first-order valence-electron chi connectivity index (χ1n) is 8.57. The van der Waals surface area contributed by atoms with Gasteiger partial charge in [-0.05, 0) is 38.0 Å². The topological polar surface area (TPSA) is 82.1 Å². The van der Waals surface area contributed by atoms with E-state index in [0.717, 1.165) is 6.07 Å². The van der Waals surface area contributed by atoms with E-state index in [0.29, 0.717) is 32.5 Å². The zero-order valence-electron chi connectivity index (χ0n) is 14.9. The maximum absolute atomic E-state index is 12.2. The van der Waals surface area contributed by atoms with Gasteiger partial charge >= 0.3 is 18.6 Å². The minimum absolute atomic E-state index is 0.00182. The summed E-state index contributed by atoms with van der Waals surface area (Å²) < 4.78 is 38.6. The zero-order chi connectivity index (χ0) is 19.8. The van der Waals surface area contributed by atoms with Gasteiger partial charge in [0.25, 0.3) is 5.91 Å². The second-order valence-corrected chi connectivity index (χ2v) is 5.89. The van der Waals surface area contributed by atoms with E-state index in [9.17, 15) is 23.2 Å². The number of hydrogen-bond acceptors (Lipinski definition) is 6. The highest BCUT2D eigenvalue weighted by molar-refractivity contribution is 5.91. The molecule has 0 bridgehead atoms. The predicted molar refractivity (Wildman–Crippen MR) is 89.3 cm³/mol. The van der Waals surface area contributed by atoms with E-state index in [2.05, 4.69) is 4.74 Å². The second kappa shape index (κ2) is 9.84. The van der Waals surface area contributed by atoms with Crippen molar-refractivity contribution in [1.29, 1.82) is 0 Å². The molecular formula is C18H21F2NO6.